The maximum Gasteiger partial charge on any atom is 0.0692 e. The van der Waals surface area contributed by atoms with E-state index in [9.17, 15) is 5.11 Å². The Morgan fingerprint density at radius 1 is 1.00 bits per heavy atom. The number of likely N-dealkylation sites (tertiary alicyclic amines) is 1. The largest absolute Gasteiger partial charge is 0.392 e. The van der Waals surface area contributed by atoms with Gasteiger partial charge in [0, 0.05) is 18.6 Å². The number of nitrogens with one attached hydrogen (secondary N) is 1. The van der Waals surface area contributed by atoms with Crippen LogP contribution in [0.2, 0.25) is 0 Å². The maximum atomic E-state index is 10.2. The van der Waals surface area contributed by atoms with Crippen molar-refractivity contribution in [3.63, 3.8) is 0 Å². The van der Waals surface area contributed by atoms with Crippen molar-refractivity contribution in [2.24, 2.45) is 5.92 Å². The molecular formula is C18H36N2O. The fourth-order valence-electron chi connectivity index (χ4n) is 4.20. The summed E-state index contributed by atoms with van der Waals surface area (Å²) in [7, 11) is 0. The first kappa shape index (κ1) is 17.2. The number of aliphatic hydroxyl groups is 1. The van der Waals surface area contributed by atoms with Gasteiger partial charge in [-0.05, 0) is 44.7 Å². The molecule has 1 aliphatic carbocycles. The summed E-state index contributed by atoms with van der Waals surface area (Å²) in [4.78, 5) is 2.73. The van der Waals surface area contributed by atoms with Crippen LogP contribution in [0.3, 0.4) is 0 Å². The normalized spacial score (nSPS) is 24.6. The van der Waals surface area contributed by atoms with E-state index in [4.69, 9.17) is 0 Å². The van der Waals surface area contributed by atoms with E-state index in [1.807, 2.05) is 0 Å². The molecule has 2 rings (SSSR count). The minimum Gasteiger partial charge on any atom is -0.392 e. The van der Waals surface area contributed by atoms with Crippen LogP contribution in [0.4, 0.5) is 0 Å². The summed E-state index contributed by atoms with van der Waals surface area (Å²) in [5.74, 6) is 0.458. The van der Waals surface area contributed by atoms with Gasteiger partial charge in [-0.3, -0.25) is 0 Å². The lowest BCUT2D eigenvalue weighted by Gasteiger charge is -2.39. The molecule has 3 heteroatoms. The van der Waals surface area contributed by atoms with Gasteiger partial charge >= 0.3 is 0 Å². The zero-order valence-electron chi connectivity index (χ0n) is 14.2. The van der Waals surface area contributed by atoms with Crippen molar-refractivity contribution >= 4 is 0 Å². The molecule has 1 saturated heterocycles. The van der Waals surface area contributed by atoms with Gasteiger partial charge in [0.2, 0.25) is 0 Å². The molecule has 0 radical (unpaired) electrons. The van der Waals surface area contributed by atoms with Gasteiger partial charge in [0.1, 0.15) is 0 Å². The molecule has 124 valence electrons. The Morgan fingerprint density at radius 2 is 1.62 bits per heavy atom. The van der Waals surface area contributed by atoms with Gasteiger partial charge < -0.3 is 15.3 Å². The third kappa shape index (κ3) is 5.22. The van der Waals surface area contributed by atoms with E-state index in [-0.39, 0.29) is 6.10 Å². The number of nitrogens with zero attached hydrogens (tertiary/aromatic N) is 1. The maximum absolute atomic E-state index is 10.2. The van der Waals surface area contributed by atoms with Crippen molar-refractivity contribution in [2.45, 2.75) is 89.8 Å². The van der Waals surface area contributed by atoms with E-state index in [1.165, 1.54) is 58.0 Å². The summed E-state index contributed by atoms with van der Waals surface area (Å²) in [6.07, 6.45) is 11.7. The predicted octanol–water partition coefficient (Wildman–Crippen LogP) is 3.17. The van der Waals surface area contributed by atoms with E-state index < -0.39 is 0 Å². The monoisotopic (exact) mass is 296 g/mol. The van der Waals surface area contributed by atoms with Gasteiger partial charge in [0.05, 0.1) is 6.10 Å². The van der Waals surface area contributed by atoms with Crippen molar-refractivity contribution < 1.29 is 5.11 Å². The minimum absolute atomic E-state index is 0.170. The van der Waals surface area contributed by atoms with Crippen LogP contribution in [0, 0.1) is 5.92 Å². The van der Waals surface area contributed by atoms with Crippen molar-refractivity contribution in [3.05, 3.63) is 0 Å². The molecule has 2 fully saturated rings. The number of aliphatic hydroxyl groups excluding tert-OH is 1. The van der Waals surface area contributed by atoms with Gasteiger partial charge in [-0.15, -0.1) is 0 Å². The third-order valence-corrected chi connectivity index (χ3v) is 5.83. The summed E-state index contributed by atoms with van der Waals surface area (Å²) in [6.45, 7) is 7.65. The second-order valence-electron chi connectivity index (χ2n) is 7.15. The third-order valence-electron chi connectivity index (χ3n) is 5.83. The molecule has 0 spiro atoms. The Hall–Kier alpha value is -0.120. The summed E-state index contributed by atoms with van der Waals surface area (Å²) in [5, 5.41) is 13.8. The van der Waals surface area contributed by atoms with Crippen LogP contribution in [0.5, 0.6) is 0 Å². The minimum atomic E-state index is -0.170. The topological polar surface area (TPSA) is 35.5 Å². The van der Waals surface area contributed by atoms with E-state index >= 15 is 0 Å². The Labute approximate surface area is 131 Å². The van der Waals surface area contributed by atoms with E-state index in [2.05, 4.69) is 24.1 Å². The lowest BCUT2D eigenvalue weighted by atomic mass is 9.92. The summed E-state index contributed by atoms with van der Waals surface area (Å²) < 4.78 is 0. The SMILES string of the molecule is CCC(CC)C(O)CNC1CCN(C2CCCCC2)CC1. The smallest absolute Gasteiger partial charge is 0.0692 e. The zero-order chi connectivity index (χ0) is 15.1. The van der Waals surface area contributed by atoms with Crippen molar-refractivity contribution in [3.8, 4) is 0 Å². The fourth-order valence-corrected chi connectivity index (χ4v) is 4.20. The van der Waals surface area contributed by atoms with Crippen LogP contribution in [0.25, 0.3) is 0 Å². The van der Waals surface area contributed by atoms with Crippen LogP contribution in [0.1, 0.15) is 71.6 Å². The van der Waals surface area contributed by atoms with Gasteiger partial charge in [-0.2, -0.15) is 0 Å². The molecule has 2 N–H and O–H groups in total. The molecule has 1 atom stereocenters. The highest BCUT2D eigenvalue weighted by molar-refractivity contribution is 4.84. The van der Waals surface area contributed by atoms with Crippen LogP contribution < -0.4 is 5.32 Å². The average Bonchev–Trinajstić information content (AvgIpc) is 2.55. The molecule has 21 heavy (non-hydrogen) atoms. The van der Waals surface area contributed by atoms with Crippen LogP contribution in [0.15, 0.2) is 0 Å². The number of hydrogen-bond donors (Lipinski definition) is 2. The average molecular weight is 296 g/mol. The van der Waals surface area contributed by atoms with Crippen molar-refractivity contribution in [1.29, 1.82) is 0 Å². The Balaban J connectivity index is 1.64. The molecule has 1 saturated carbocycles. The van der Waals surface area contributed by atoms with Gasteiger partial charge in [0.15, 0.2) is 0 Å². The second-order valence-corrected chi connectivity index (χ2v) is 7.15. The molecule has 2 aliphatic rings. The van der Waals surface area contributed by atoms with Gasteiger partial charge in [-0.25, -0.2) is 0 Å². The fraction of sp³-hybridized carbons (Fsp3) is 1.00. The zero-order valence-corrected chi connectivity index (χ0v) is 14.2. The lowest BCUT2D eigenvalue weighted by Crippen LogP contribution is -2.48. The molecule has 0 amide bonds. The Kier molecular flexibility index (Phi) is 7.48. The first-order chi connectivity index (χ1) is 10.2. The molecule has 0 aromatic heterocycles. The molecular weight excluding hydrogens is 260 g/mol. The van der Waals surface area contributed by atoms with Gasteiger partial charge in [-0.1, -0.05) is 46.0 Å². The summed E-state index contributed by atoms with van der Waals surface area (Å²) in [5.41, 5.74) is 0. The predicted molar refractivity (Wildman–Crippen MR) is 89.5 cm³/mol. The van der Waals surface area contributed by atoms with E-state index in [0.717, 1.165) is 25.4 Å². The highest BCUT2D eigenvalue weighted by atomic mass is 16.3. The van der Waals surface area contributed by atoms with Crippen molar-refractivity contribution in [1.82, 2.24) is 10.2 Å². The number of piperidine rings is 1. The summed E-state index contributed by atoms with van der Waals surface area (Å²) >= 11 is 0. The van der Waals surface area contributed by atoms with E-state index in [0.29, 0.717) is 12.0 Å². The number of rotatable bonds is 7. The second kappa shape index (κ2) is 9.12. The first-order valence-corrected chi connectivity index (χ1v) is 9.40. The molecule has 1 unspecified atom stereocenters. The Bertz CT molecular complexity index is 266. The summed E-state index contributed by atoms with van der Waals surface area (Å²) in [6, 6.07) is 1.49. The molecule has 1 aliphatic heterocycles. The van der Waals surface area contributed by atoms with Crippen LogP contribution in [-0.4, -0.2) is 47.8 Å². The molecule has 1 heterocycles. The quantitative estimate of drug-likeness (QED) is 0.757. The number of hydrogen-bond acceptors (Lipinski definition) is 3. The molecule has 0 bridgehead atoms. The highest BCUT2D eigenvalue weighted by Crippen LogP contribution is 2.25. The lowest BCUT2D eigenvalue weighted by molar-refractivity contribution is 0.0842. The highest BCUT2D eigenvalue weighted by Gasteiger charge is 2.26. The standard InChI is InChI=1S/C18H36N2O/c1-3-15(4-2)18(21)14-19-16-10-12-20(13-11-16)17-8-6-5-7-9-17/h15-19,21H,3-14H2,1-2H3. The van der Waals surface area contributed by atoms with Gasteiger partial charge in [0.25, 0.3) is 0 Å². The molecule has 0 aromatic carbocycles. The van der Waals surface area contributed by atoms with Crippen molar-refractivity contribution in [2.75, 3.05) is 19.6 Å². The molecule has 0 aromatic rings. The first-order valence-electron chi connectivity index (χ1n) is 9.40. The van der Waals surface area contributed by atoms with Crippen LogP contribution >= 0.6 is 0 Å². The van der Waals surface area contributed by atoms with E-state index in [1.54, 1.807) is 0 Å². The Morgan fingerprint density at radius 3 is 2.19 bits per heavy atom. The molecule has 3 nitrogen and oxygen atoms in total. The van der Waals surface area contributed by atoms with Crippen LogP contribution in [-0.2, 0) is 0 Å².